The number of ether oxygens (including phenoxy) is 1. The molecule has 148 valence electrons. The van der Waals surface area contributed by atoms with Gasteiger partial charge in [-0.3, -0.25) is 4.79 Å². The predicted octanol–water partition coefficient (Wildman–Crippen LogP) is 2.67. The van der Waals surface area contributed by atoms with Crippen LogP contribution in [0, 0.1) is 0 Å². The van der Waals surface area contributed by atoms with E-state index in [-0.39, 0.29) is 18.1 Å². The summed E-state index contributed by atoms with van der Waals surface area (Å²) in [5.74, 6) is 0.574. The first-order valence-electron chi connectivity index (χ1n) is 9.58. The first-order chi connectivity index (χ1) is 12.9. The Bertz CT molecular complexity index is 798. The number of hydrogen-bond donors (Lipinski definition) is 0. The van der Waals surface area contributed by atoms with Crippen molar-refractivity contribution in [2.75, 3.05) is 25.9 Å². The summed E-state index contributed by atoms with van der Waals surface area (Å²) in [6, 6.07) is 7.50. The van der Waals surface area contributed by atoms with E-state index in [1.165, 1.54) is 10.6 Å². The van der Waals surface area contributed by atoms with E-state index in [4.69, 9.17) is 4.74 Å². The number of rotatable bonds is 6. The van der Waals surface area contributed by atoms with Crippen LogP contribution in [0.1, 0.15) is 43.0 Å². The van der Waals surface area contributed by atoms with Crippen molar-refractivity contribution in [1.29, 1.82) is 0 Å². The summed E-state index contributed by atoms with van der Waals surface area (Å²) in [7, 11) is -3.16. The summed E-state index contributed by atoms with van der Waals surface area (Å²) >= 11 is 0. The molecule has 0 unspecified atom stereocenters. The Labute approximate surface area is 161 Å². The Hall–Kier alpha value is -1.86. The van der Waals surface area contributed by atoms with Crippen molar-refractivity contribution in [2.24, 2.45) is 0 Å². The SMILES string of the molecule is CCC[C@H]1C=CCN1C(=O)c1ccccc1OC1CCN(S(C)(=O)=O)CC1. The predicted molar refractivity (Wildman–Crippen MR) is 105 cm³/mol. The molecule has 2 aliphatic rings. The number of para-hydroxylation sites is 1. The Morgan fingerprint density at radius 3 is 2.59 bits per heavy atom. The number of carbonyl (C=O) groups is 1. The third kappa shape index (κ3) is 4.71. The zero-order chi connectivity index (χ0) is 19.4. The second-order valence-electron chi connectivity index (χ2n) is 7.22. The van der Waals surface area contributed by atoms with Gasteiger partial charge in [-0.15, -0.1) is 0 Å². The van der Waals surface area contributed by atoms with E-state index >= 15 is 0 Å². The molecule has 1 atom stereocenters. The third-order valence-electron chi connectivity index (χ3n) is 5.19. The Balaban J connectivity index is 1.69. The van der Waals surface area contributed by atoms with E-state index in [0.717, 1.165) is 12.8 Å². The number of carbonyl (C=O) groups excluding carboxylic acids is 1. The van der Waals surface area contributed by atoms with Crippen molar-refractivity contribution in [3.8, 4) is 5.75 Å². The number of sulfonamides is 1. The Morgan fingerprint density at radius 1 is 1.22 bits per heavy atom. The quantitative estimate of drug-likeness (QED) is 0.698. The van der Waals surface area contributed by atoms with Gasteiger partial charge >= 0.3 is 0 Å². The van der Waals surface area contributed by atoms with Gasteiger partial charge in [0.25, 0.3) is 5.91 Å². The summed E-state index contributed by atoms with van der Waals surface area (Å²) in [6.07, 6.45) is 8.52. The van der Waals surface area contributed by atoms with E-state index in [1.54, 1.807) is 0 Å². The third-order valence-corrected chi connectivity index (χ3v) is 6.49. The average molecular weight is 393 g/mol. The molecule has 3 rings (SSSR count). The first kappa shape index (κ1) is 19.9. The van der Waals surface area contributed by atoms with Crippen LogP contribution in [-0.2, 0) is 10.0 Å². The molecule has 0 saturated carbocycles. The molecular weight excluding hydrogens is 364 g/mol. The highest BCUT2D eigenvalue weighted by atomic mass is 32.2. The summed E-state index contributed by atoms with van der Waals surface area (Å²) < 4.78 is 30.9. The van der Waals surface area contributed by atoms with Crippen molar-refractivity contribution >= 4 is 15.9 Å². The van der Waals surface area contributed by atoms with Gasteiger partial charge in [-0.2, -0.15) is 0 Å². The number of hydrogen-bond acceptors (Lipinski definition) is 4. The molecule has 7 heteroatoms. The Morgan fingerprint density at radius 2 is 1.93 bits per heavy atom. The van der Waals surface area contributed by atoms with Crippen LogP contribution < -0.4 is 4.74 Å². The van der Waals surface area contributed by atoms with Crippen molar-refractivity contribution in [2.45, 2.75) is 44.8 Å². The second kappa shape index (κ2) is 8.44. The zero-order valence-corrected chi connectivity index (χ0v) is 16.8. The van der Waals surface area contributed by atoms with Crippen LogP contribution in [-0.4, -0.2) is 61.6 Å². The number of benzene rings is 1. The lowest BCUT2D eigenvalue weighted by molar-refractivity contribution is 0.0732. The molecule has 0 aromatic heterocycles. The molecule has 0 bridgehead atoms. The monoisotopic (exact) mass is 392 g/mol. The van der Waals surface area contributed by atoms with Gasteiger partial charge in [-0.1, -0.05) is 37.6 Å². The minimum Gasteiger partial charge on any atom is -0.489 e. The molecule has 27 heavy (non-hydrogen) atoms. The smallest absolute Gasteiger partial charge is 0.258 e. The molecule has 0 aliphatic carbocycles. The van der Waals surface area contributed by atoms with Crippen molar-refractivity contribution in [3.05, 3.63) is 42.0 Å². The minimum absolute atomic E-state index is 0.0115. The summed E-state index contributed by atoms with van der Waals surface area (Å²) in [5, 5.41) is 0. The van der Waals surface area contributed by atoms with Crippen LogP contribution in [0.5, 0.6) is 5.75 Å². The van der Waals surface area contributed by atoms with E-state index in [1.807, 2.05) is 35.2 Å². The van der Waals surface area contributed by atoms with E-state index in [0.29, 0.717) is 43.8 Å². The van der Waals surface area contributed by atoms with Gasteiger partial charge in [0.1, 0.15) is 11.9 Å². The van der Waals surface area contributed by atoms with Crippen molar-refractivity contribution < 1.29 is 17.9 Å². The average Bonchev–Trinajstić information content (AvgIpc) is 3.10. The molecule has 1 aromatic rings. The maximum absolute atomic E-state index is 13.1. The van der Waals surface area contributed by atoms with Gasteiger partial charge < -0.3 is 9.64 Å². The number of amides is 1. The fourth-order valence-electron chi connectivity index (χ4n) is 3.71. The molecule has 2 heterocycles. The molecule has 1 saturated heterocycles. The van der Waals surface area contributed by atoms with Crippen LogP contribution in [0.25, 0.3) is 0 Å². The topological polar surface area (TPSA) is 66.9 Å². The maximum Gasteiger partial charge on any atom is 0.258 e. The van der Waals surface area contributed by atoms with E-state index in [9.17, 15) is 13.2 Å². The Kier molecular flexibility index (Phi) is 6.22. The van der Waals surface area contributed by atoms with E-state index < -0.39 is 10.0 Å². The largest absolute Gasteiger partial charge is 0.489 e. The molecule has 0 spiro atoms. The molecule has 1 aromatic carbocycles. The van der Waals surface area contributed by atoms with Gasteiger partial charge in [0.15, 0.2) is 0 Å². The molecule has 6 nitrogen and oxygen atoms in total. The highest BCUT2D eigenvalue weighted by Crippen LogP contribution is 2.27. The van der Waals surface area contributed by atoms with Crippen LogP contribution in [0.15, 0.2) is 36.4 Å². The summed E-state index contributed by atoms with van der Waals surface area (Å²) in [5.41, 5.74) is 0.577. The van der Waals surface area contributed by atoms with Gasteiger partial charge in [0.05, 0.1) is 17.9 Å². The van der Waals surface area contributed by atoms with Crippen molar-refractivity contribution in [1.82, 2.24) is 9.21 Å². The lowest BCUT2D eigenvalue weighted by atomic mass is 10.1. The number of nitrogens with zero attached hydrogens (tertiary/aromatic N) is 2. The molecule has 1 fully saturated rings. The van der Waals surface area contributed by atoms with Crippen LogP contribution >= 0.6 is 0 Å². The fraction of sp³-hybridized carbons (Fsp3) is 0.550. The molecule has 0 radical (unpaired) electrons. The fourth-order valence-corrected chi connectivity index (χ4v) is 4.59. The summed E-state index contributed by atoms with van der Waals surface area (Å²) in [4.78, 5) is 15.0. The molecule has 2 aliphatic heterocycles. The summed E-state index contributed by atoms with van der Waals surface area (Å²) in [6.45, 7) is 3.65. The number of piperidine rings is 1. The van der Waals surface area contributed by atoms with Gasteiger partial charge in [0.2, 0.25) is 10.0 Å². The van der Waals surface area contributed by atoms with Crippen LogP contribution in [0.3, 0.4) is 0 Å². The van der Waals surface area contributed by atoms with E-state index in [2.05, 4.69) is 13.0 Å². The van der Waals surface area contributed by atoms with Gasteiger partial charge in [-0.25, -0.2) is 12.7 Å². The standard InChI is InChI=1S/C20H28N2O4S/c1-3-7-16-8-6-13-22(16)20(23)18-9-4-5-10-19(18)26-17-11-14-21(15-12-17)27(2,24)25/h4-6,8-10,16-17H,3,7,11-15H2,1-2H3/t16-/m0/s1. The normalized spacial score (nSPS) is 21.6. The first-order valence-corrected chi connectivity index (χ1v) is 11.4. The lowest BCUT2D eigenvalue weighted by Gasteiger charge is -2.31. The molecule has 1 amide bonds. The molecule has 0 N–H and O–H groups in total. The second-order valence-corrected chi connectivity index (χ2v) is 9.20. The molecular formula is C20H28N2O4S. The maximum atomic E-state index is 13.1. The highest BCUT2D eigenvalue weighted by Gasteiger charge is 2.29. The lowest BCUT2D eigenvalue weighted by Crippen LogP contribution is -2.41. The zero-order valence-electron chi connectivity index (χ0n) is 16.0. The van der Waals surface area contributed by atoms with Gasteiger partial charge in [-0.05, 0) is 31.4 Å². The van der Waals surface area contributed by atoms with Crippen LogP contribution in [0.4, 0.5) is 0 Å². The van der Waals surface area contributed by atoms with Crippen LogP contribution in [0.2, 0.25) is 0 Å². The van der Waals surface area contributed by atoms with Crippen molar-refractivity contribution in [3.63, 3.8) is 0 Å². The van der Waals surface area contributed by atoms with Gasteiger partial charge in [0, 0.05) is 19.6 Å². The minimum atomic E-state index is -3.16. The highest BCUT2D eigenvalue weighted by molar-refractivity contribution is 7.88.